The van der Waals surface area contributed by atoms with E-state index in [1.165, 1.54) is 5.56 Å². The molecule has 1 aliphatic rings. The molecule has 1 amide bonds. The summed E-state index contributed by atoms with van der Waals surface area (Å²) in [5, 5.41) is 13.5. The van der Waals surface area contributed by atoms with Crippen molar-refractivity contribution in [2.24, 2.45) is 0 Å². The van der Waals surface area contributed by atoms with Crippen LogP contribution in [0.3, 0.4) is 0 Å². The topological polar surface area (TPSA) is 79.0 Å². The second kappa shape index (κ2) is 8.87. The summed E-state index contributed by atoms with van der Waals surface area (Å²) in [5.74, 6) is 0.760. The number of ether oxygens (including phenoxy) is 1. The van der Waals surface area contributed by atoms with Gasteiger partial charge in [0.15, 0.2) is 5.69 Å². The zero-order chi connectivity index (χ0) is 16.9. The number of nitrogens with one attached hydrogen (secondary N) is 3. The second-order valence-electron chi connectivity index (χ2n) is 6.22. The van der Waals surface area contributed by atoms with E-state index in [0.717, 1.165) is 42.8 Å². The predicted octanol–water partition coefficient (Wildman–Crippen LogP) is 2.24. The molecule has 0 saturated heterocycles. The normalized spacial score (nSPS) is 14.2. The molecular weight excluding hydrogens is 340 g/mol. The highest BCUT2D eigenvalue weighted by molar-refractivity contribution is 5.94. The van der Waals surface area contributed by atoms with Crippen molar-refractivity contribution in [3.8, 4) is 5.75 Å². The quantitative estimate of drug-likeness (QED) is 0.734. The first-order chi connectivity index (χ1) is 11.7. The van der Waals surface area contributed by atoms with Crippen molar-refractivity contribution in [1.29, 1.82) is 0 Å². The maximum atomic E-state index is 12.4. The number of H-pyrrole nitrogens is 1. The molecule has 136 valence electrons. The van der Waals surface area contributed by atoms with Gasteiger partial charge in [-0.15, -0.1) is 12.4 Å². The van der Waals surface area contributed by atoms with E-state index in [1.54, 1.807) is 7.11 Å². The Bertz CT molecular complexity index is 700. The molecule has 1 aromatic carbocycles. The number of methoxy groups -OCH3 is 1. The molecule has 6 nitrogen and oxygen atoms in total. The van der Waals surface area contributed by atoms with Gasteiger partial charge < -0.3 is 15.4 Å². The van der Waals surface area contributed by atoms with E-state index < -0.39 is 0 Å². The average Bonchev–Trinajstić information content (AvgIpc) is 3.04. The zero-order valence-corrected chi connectivity index (χ0v) is 15.4. The van der Waals surface area contributed by atoms with Gasteiger partial charge in [-0.25, -0.2) is 0 Å². The number of halogens is 1. The van der Waals surface area contributed by atoms with Crippen LogP contribution in [0.2, 0.25) is 0 Å². The molecule has 3 rings (SSSR count). The summed E-state index contributed by atoms with van der Waals surface area (Å²) in [6, 6.07) is 8.12. The Morgan fingerprint density at radius 3 is 2.84 bits per heavy atom. The van der Waals surface area contributed by atoms with Crippen LogP contribution in [-0.2, 0) is 19.4 Å². The van der Waals surface area contributed by atoms with E-state index in [1.807, 2.05) is 19.1 Å². The summed E-state index contributed by atoms with van der Waals surface area (Å²) >= 11 is 0. The highest BCUT2D eigenvalue weighted by Gasteiger charge is 2.22. The van der Waals surface area contributed by atoms with Gasteiger partial charge in [-0.3, -0.25) is 9.89 Å². The van der Waals surface area contributed by atoms with Crippen molar-refractivity contribution >= 4 is 18.3 Å². The molecule has 0 aliphatic carbocycles. The van der Waals surface area contributed by atoms with E-state index in [9.17, 15) is 4.79 Å². The maximum absolute atomic E-state index is 12.4. The van der Waals surface area contributed by atoms with Crippen LogP contribution >= 0.6 is 12.4 Å². The van der Waals surface area contributed by atoms with Gasteiger partial charge >= 0.3 is 0 Å². The Balaban J connectivity index is 0.00000225. The number of nitrogens with zero attached hydrogens (tertiary/aromatic N) is 1. The predicted molar refractivity (Wildman–Crippen MR) is 99.5 cm³/mol. The molecule has 0 radical (unpaired) electrons. The summed E-state index contributed by atoms with van der Waals surface area (Å²) in [6.45, 7) is 3.65. The van der Waals surface area contributed by atoms with Crippen molar-refractivity contribution in [2.45, 2.75) is 38.8 Å². The van der Waals surface area contributed by atoms with E-state index >= 15 is 0 Å². The van der Waals surface area contributed by atoms with Crippen molar-refractivity contribution in [3.05, 3.63) is 46.8 Å². The van der Waals surface area contributed by atoms with Gasteiger partial charge in [0.25, 0.3) is 5.91 Å². The fourth-order valence-corrected chi connectivity index (χ4v) is 2.95. The fourth-order valence-electron chi connectivity index (χ4n) is 2.95. The summed E-state index contributed by atoms with van der Waals surface area (Å²) in [4.78, 5) is 12.4. The molecule has 3 N–H and O–H groups in total. The van der Waals surface area contributed by atoms with Crippen LogP contribution in [0.4, 0.5) is 0 Å². The number of rotatable bonds is 6. The van der Waals surface area contributed by atoms with E-state index in [-0.39, 0.29) is 24.4 Å². The largest absolute Gasteiger partial charge is 0.497 e. The Morgan fingerprint density at radius 1 is 1.36 bits per heavy atom. The highest BCUT2D eigenvalue weighted by atomic mass is 35.5. The molecule has 1 aromatic heterocycles. The van der Waals surface area contributed by atoms with Crippen LogP contribution in [0, 0.1) is 0 Å². The third-order valence-corrected chi connectivity index (χ3v) is 4.42. The molecular formula is C18H25ClN4O2. The van der Waals surface area contributed by atoms with Crippen LogP contribution in [0.15, 0.2) is 24.3 Å². The molecule has 25 heavy (non-hydrogen) atoms. The van der Waals surface area contributed by atoms with Gasteiger partial charge in [-0.1, -0.05) is 12.1 Å². The number of carbonyl (C=O) groups is 1. The minimum Gasteiger partial charge on any atom is -0.497 e. The smallest absolute Gasteiger partial charge is 0.272 e. The Hall–Kier alpha value is -2.05. The lowest BCUT2D eigenvalue weighted by Gasteiger charge is -2.15. The Labute approximate surface area is 154 Å². The standard InChI is InChI=1S/C18H24N4O2.ClH/c1-12(3-4-13-5-7-14(24-2)8-6-13)20-18(23)17-15-11-19-10-9-16(15)21-22-17;/h5-8,12,19H,3-4,9-11H2,1-2H3,(H,20,23)(H,21,22);1H. The maximum Gasteiger partial charge on any atom is 0.272 e. The lowest BCUT2D eigenvalue weighted by molar-refractivity contribution is 0.0932. The van der Waals surface area contributed by atoms with E-state index in [0.29, 0.717) is 12.2 Å². The van der Waals surface area contributed by atoms with Crippen LogP contribution in [0.5, 0.6) is 5.75 Å². The number of amides is 1. The first-order valence-corrected chi connectivity index (χ1v) is 8.38. The molecule has 1 unspecified atom stereocenters. The number of aromatic nitrogens is 2. The minimum atomic E-state index is -0.0987. The summed E-state index contributed by atoms with van der Waals surface area (Å²) in [7, 11) is 1.66. The number of benzene rings is 1. The van der Waals surface area contributed by atoms with E-state index in [4.69, 9.17) is 4.74 Å². The van der Waals surface area contributed by atoms with Crippen molar-refractivity contribution in [2.75, 3.05) is 13.7 Å². The van der Waals surface area contributed by atoms with Crippen LogP contribution in [-0.4, -0.2) is 35.8 Å². The highest BCUT2D eigenvalue weighted by Crippen LogP contribution is 2.16. The number of hydrogen-bond donors (Lipinski definition) is 3. The number of aryl methyl sites for hydroxylation is 1. The van der Waals surface area contributed by atoms with Crippen LogP contribution in [0.25, 0.3) is 0 Å². The summed E-state index contributed by atoms with van der Waals surface area (Å²) in [5.41, 5.74) is 3.83. The van der Waals surface area contributed by atoms with Crippen molar-refractivity contribution < 1.29 is 9.53 Å². The molecule has 2 heterocycles. The molecule has 1 atom stereocenters. The molecule has 7 heteroatoms. The van der Waals surface area contributed by atoms with Crippen LogP contribution in [0.1, 0.15) is 40.7 Å². The molecule has 0 bridgehead atoms. The molecule has 2 aromatic rings. The van der Waals surface area contributed by atoms with Crippen molar-refractivity contribution in [1.82, 2.24) is 20.8 Å². The number of fused-ring (bicyclic) bond motifs is 1. The molecule has 1 aliphatic heterocycles. The molecule has 0 saturated carbocycles. The Kier molecular flexibility index (Phi) is 6.84. The first-order valence-electron chi connectivity index (χ1n) is 8.38. The lowest BCUT2D eigenvalue weighted by atomic mass is 10.0. The lowest BCUT2D eigenvalue weighted by Crippen LogP contribution is -2.34. The van der Waals surface area contributed by atoms with Crippen LogP contribution < -0.4 is 15.4 Å². The van der Waals surface area contributed by atoms with Crippen molar-refractivity contribution in [3.63, 3.8) is 0 Å². The fraction of sp³-hybridized carbons (Fsp3) is 0.444. The van der Waals surface area contributed by atoms with Gasteiger partial charge in [0.05, 0.1) is 7.11 Å². The third kappa shape index (κ3) is 4.74. The second-order valence-corrected chi connectivity index (χ2v) is 6.22. The summed E-state index contributed by atoms with van der Waals surface area (Å²) in [6.07, 6.45) is 2.68. The molecule has 0 fully saturated rings. The van der Waals surface area contributed by atoms with Gasteiger partial charge in [0.2, 0.25) is 0 Å². The first kappa shape index (κ1) is 19.3. The van der Waals surface area contributed by atoms with Gasteiger partial charge in [-0.05, 0) is 37.5 Å². The molecule has 0 spiro atoms. The van der Waals surface area contributed by atoms with Gasteiger partial charge in [0, 0.05) is 36.8 Å². The third-order valence-electron chi connectivity index (χ3n) is 4.42. The average molecular weight is 365 g/mol. The number of aromatic amines is 1. The Morgan fingerprint density at radius 2 is 2.12 bits per heavy atom. The summed E-state index contributed by atoms with van der Waals surface area (Å²) < 4.78 is 5.16. The SMILES string of the molecule is COc1ccc(CCC(C)NC(=O)c2n[nH]c3c2CNCC3)cc1.Cl. The number of carbonyl (C=O) groups excluding carboxylic acids is 1. The number of hydrogen-bond acceptors (Lipinski definition) is 4. The van der Waals surface area contributed by atoms with Gasteiger partial charge in [0.1, 0.15) is 5.75 Å². The monoisotopic (exact) mass is 364 g/mol. The van der Waals surface area contributed by atoms with E-state index in [2.05, 4.69) is 33.0 Å². The van der Waals surface area contributed by atoms with Gasteiger partial charge in [-0.2, -0.15) is 5.10 Å². The minimum absolute atomic E-state index is 0. The zero-order valence-electron chi connectivity index (χ0n) is 14.6.